The van der Waals surface area contributed by atoms with Gasteiger partial charge in [-0.05, 0) is 5.41 Å². The second-order valence-electron chi connectivity index (χ2n) is 3.58. The molecule has 4 nitrogen and oxygen atoms in total. The van der Waals surface area contributed by atoms with Crippen molar-refractivity contribution in [2.45, 2.75) is 20.8 Å². The third-order valence-electron chi connectivity index (χ3n) is 0.763. The minimum Gasteiger partial charge on any atom is -0.746 e. The van der Waals surface area contributed by atoms with Crippen LogP contribution >= 0.6 is 0 Å². The van der Waals surface area contributed by atoms with Gasteiger partial charge in [0, 0.05) is 0 Å². The zero-order valence-corrected chi connectivity index (χ0v) is 7.77. The Labute approximate surface area is 67.3 Å². The molecule has 0 aliphatic rings. The molecule has 0 fully saturated rings. The molecule has 0 radical (unpaired) electrons. The van der Waals surface area contributed by atoms with E-state index in [0.717, 1.165) is 0 Å². The van der Waals surface area contributed by atoms with E-state index >= 15 is 0 Å². The highest BCUT2D eigenvalue weighted by Gasteiger charge is 2.10. The van der Waals surface area contributed by atoms with Gasteiger partial charge in [0.1, 0.15) is 16.1 Å². The van der Waals surface area contributed by atoms with Crippen LogP contribution in [-0.4, -0.2) is 25.5 Å². The van der Waals surface area contributed by atoms with Gasteiger partial charge < -0.3 is 9.29 Å². The summed E-state index contributed by atoms with van der Waals surface area (Å²) >= 11 is 0. The molecule has 0 N–H and O–H groups in total. The monoisotopic (exact) mass is 181 g/mol. The molecule has 11 heavy (non-hydrogen) atoms. The predicted molar refractivity (Wildman–Crippen MR) is 40.0 cm³/mol. The zero-order valence-electron chi connectivity index (χ0n) is 6.96. The highest BCUT2D eigenvalue weighted by molar-refractivity contribution is 7.85. The summed E-state index contributed by atoms with van der Waals surface area (Å²) in [5.74, 6) is -0.732. The lowest BCUT2D eigenvalue weighted by molar-refractivity contribution is 0.0979. The van der Waals surface area contributed by atoms with E-state index in [-0.39, 0.29) is 12.0 Å². The first-order chi connectivity index (χ1) is 4.71. The fourth-order valence-corrected chi connectivity index (χ4v) is 0.737. The average molecular weight is 181 g/mol. The van der Waals surface area contributed by atoms with E-state index in [9.17, 15) is 13.0 Å². The van der Waals surface area contributed by atoms with Crippen LogP contribution in [0.15, 0.2) is 0 Å². The van der Waals surface area contributed by atoms with Crippen molar-refractivity contribution in [1.82, 2.24) is 0 Å². The van der Waals surface area contributed by atoms with Gasteiger partial charge in [-0.1, -0.05) is 20.8 Å². The molecular weight excluding hydrogens is 168 g/mol. The number of hydrogen-bond acceptors (Lipinski definition) is 4. The maximum absolute atomic E-state index is 10.0. The third kappa shape index (κ3) is 9.87. The summed E-state index contributed by atoms with van der Waals surface area (Å²) in [6.45, 7) is 5.95. The molecule has 0 atom stereocenters. The second-order valence-corrected chi connectivity index (χ2v) is 4.94. The standard InChI is InChI=1S/C6H14O4S/c1-6(2,3)4-10-5-11(7,8)9/h4-5H2,1-3H3,(H,7,8,9)/p-1. The van der Waals surface area contributed by atoms with Gasteiger partial charge in [0.2, 0.25) is 0 Å². The molecule has 0 aromatic heterocycles. The largest absolute Gasteiger partial charge is 0.746 e. The van der Waals surface area contributed by atoms with Gasteiger partial charge in [-0.3, -0.25) is 0 Å². The smallest absolute Gasteiger partial charge is 0.136 e. The fourth-order valence-electron chi connectivity index (χ4n) is 0.450. The topological polar surface area (TPSA) is 66.4 Å². The van der Waals surface area contributed by atoms with E-state index in [2.05, 4.69) is 4.74 Å². The van der Waals surface area contributed by atoms with Crippen molar-refractivity contribution in [3.63, 3.8) is 0 Å². The van der Waals surface area contributed by atoms with Gasteiger partial charge in [-0.25, -0.2) is 8.42 Å². The van der Waals surface area contributed by atoms with Crippen molar-refractivity contribution in [3.8, 4) is 0 Å². The fraction of sp³-hybridized carbons (Fsp3) is 1.00. The molecular formula is C6H13O4S-. The van der Waals surface area contributed by atoms with E-state index in [1.807, 2.05) is 20.8 Å². The second kappa shape index (κ2) is 3.51. The maximum Gasteiger partial charge on any atom is 0.136 e. The average Bonchev–Trinajstić information content (AvgIpc) is 1.55. The molecule has 0 unspecified atom stereocenters. The summed E-state index contributed by atoms with van der Waals surface area (Å²) in [5.41, 5.74) is -0.106. The summed E-state index contributed by atoms with van der Waals surface area (Å²) in [5, 5.41) is 0. The highest BCUT2D eigenvalue weighted by atomic mass is 32.2. The third-order valence-corrected chi connectivity index (χ3v) is 1.22. The Kier molecular flexibility index (Phi) is 3.47. The maximum atomic E-state index is 10.0. The molecule has 68 valence electrons. The summed E-state index contributed by atoms with van der Waals surface area (Å²) in [7, 11) is -4.22. The van der Waals surface area contributed by atoms with Crippen molar-refractivity contribution in [3.05, 3.63) is 0 Å². The SMILES string of the molecule is CC(C)(C)COCS(=O)(=O)[O-]. The Morgan fingerprint density at radius 3 is 2.09 bits per heavy atom. The van der Waals surface area contributed by atoms with Crippen LogP contribution in [0.25, 0.3) is 0 Å². The van der Waals surface area contributed by atoms with Gasteiger partial charge in [0.15, 0.2) is 0 Å². The molecule has 0 aromatic rings. The van der Waals surface area contributed by atoms with E-state index in [1.54, 1.807) is 0 Å². The first-order valence-electron chi connectivity index (χ1n) is 3.22. The van der Waals surface area contributed by atoms with Crippen LogP contribution in [0.5, 0.6) is 0 Å². The van der Waals surface area contributed by atoms with Gasteiger partial charge in [0.25, 0.3) is 0 Å². The molecule has 0 aliphatic carbocycles. The first kappa shape index (κ1) is 10.9. The van der Waals surface area contributed by atoms with Crippen LogP contribution in [0.3, 0.4) is 0 Å². The Hall–Kier alpha value is -0.130. The quantitative estimate of drug-likeness (QED) is 0.596. The first-order valence-corrected chi connectivity index (χ1v) is 4.80. The number of ether oxygens (including phenoxy) is 1. The normalized spacial score (nSPS) is 13.5. The Bertz CT molecular complexity index is 199. The molecule has 0 bridgehead atoms. The lowest BCUT2D eigenvalue weighted by atomic mass is 9.99. The molecule has 0 aromatic carbocycles. The van der Waals surface area contributed by atoms with Crippen LogP contribution in [-0.2, 0) is 14.9 Å². The summed E-state index contributed by atoms with van der Waals surface area (Å²) in [4.78, 5) is 0. The number of hydrogen-bond donors (Lipinski definition) is 0. The Balaban J connectivity index is 3.61. The Morgan fingerprint density at radius 2 is 1.82 bits per heavy atom. The van der Waals surface area contributed by atoms with Crippen LogP contribution in [0, 0.1) is 5.41 Å². The van der Waals surface area contributed by atoms with Gasteiger partial charge in [-0.15, -0.1) is 0 Å². The highest BCUT2D eigenvalue weighted by Crippen LogP contribution is 2.12. The van der Waals surface area contributed by atoms with Gasteiger partial charge in [0.05, 0.1) is 6.61 Å². The summed E-state index contributed by atoms with van der Waals surface area (Å²) in [6, 6.07) is 0. The van der Waals surface area contributed by atoms with Crippen molar-refractivity contribution >= 4 is 10.1 Å². The molecule has 5 heteroatoms. The zero-order chi connectivity index (χ0) is 9.12. The van der Waals surface area contributed by atoms with E-state index < -0.39 is 16.1 Å². The van der Waals surface area contributed by atoms with Crippen LogP contribution in [0.4, 0.5) is 0 Å². The molecule has 0 heterocycles. The van der Waals surface area contributed by atoms with Crippen molar-refractivity contribution in [2.75, 3.05) is 12.5 Å². The van der Waals surface area contributed by atoms with Crippen LogP contribution in [0.1, 0.15) is 20.8 Å². The van der Waals surface area contributed by atoms with Crippen molar-refractivity contribution in [1.29, 1.82) is 0 Å². The van der Waals surface area contributed by atoms with Crippen molar-refractivity contribution in [2.24, 2.45) is 5.41 Å². The van der Waals surface area contributed by atoms with Gasteiger partial charge in [-0.2, -0.15) is 0 Å². The lowest BCUT2D eigenvalue weighted by Crippen LogP contribution is -2.18. The molecule has 0 saturated heterocycles. The molecule has 0 aliphatic heterocycles. The van der Waals surface area contributed by atoms with Crippen LogP contribution < -0.4 is 0 Å². The Morgan fingerprint density at radius 1 is 1.36 bits per heavy atom. The van der Waals surface area contributed by atoms with E-state index in [1.165, 1.54) is 0 Å². The predicted octanol–water partition coefficient (Wildman–Crippen LogP) is 0.552. The minimum absolute atomic E-state index is 0.106. The number of rotatable bonds is 3. The molecule has 0 saturated carbocycles. The summed E-state index contributed by atoms with van der Waals surface area (Å²) in [6.07, 6.45) is 0. The van der Waals surface area contributed by atoms with Crippen molar-refractivity contribution < 1.29 is 17.7 Å². The molecule has 0 spiro atoms. The van der Waals surface area contributed by atoms with Crippen LogP contribution in [0.2, 0.25) is 0 Å². The molecule has 0 rings (SSSR count). The van der Waals surface area contributed by atoms with Gasteiger partial charge >= 0.3 is 0 Å². The minimum atomic E-state index is -4.22. The van der Waals surface area contributed by atoms with E-state index in [4.69, 9.17) is 0 Å². The van der Waals surface area contributed by atoms with E-state index in [0.29, 0.717) is 0 Å². The molecule has 0 amide bonds. The summed E-state index contributed by atoms with van der Waals surface area (Å²) < 4.78 is 34.8. The lowest BCUT2D eigenvalue weighted by Gasteiger charge is -2.18.